The lowest BCUT2D eigenvalue weighted by molar-refractivity contribution is -0.128. The third-order valence-electron chi connectivity index (χ3n) is 4.20. The van der Waals surface area contributed by atoms with Crippen LogP contribution in [0.3, 0.4) is 0 Å². The Balaban J connectivity index is 1.56. The molecule has 2 saturated heterocycles. The molecule has 0 bridgehead atoms. The summed E-state index contributed by atoms with van der Waals surface area (Å²) in [5, 5.41) is 0.740. The van der Waals surface area contributed by atoms with Crippen LogP contribution in [0.1, 0.15) is 25.7 Å². The number of nitrogens with zero attached hydrogens (tertiary/aromatic N) is 4. The summed E-state index contributed by atoms with van der Waals surface area (Å²) >= 11 is 11.8. The van der Waals surface area contributed by atoms with Crippen molar-refractivity contribution in [2.75, 3.05) is 31.1 Å². The summed E-state index contributed by atoms with van der Waals surface area (Å²) in [6.45, 7) is 3.57. The topological polar surface area (TPSA) is 49.3 Å². The van der Waals surface area contributed by atoms with Crippen molar-refractivity contribution in [3.8, 4) is 0 Å². The molecule has 0 radical (unpaired) electrons. The van der Waals surface area contributed by atoms with Gasteiger partial charge in [-0.1, -0.05) is 23.2 Å². The van der Waals surface area contributed by atoms with E-state index in [1.54, 1.807) is 6.07 Å². The Morgan fingerprint density at radius 3 is 2.38 bits per heavy atom. The van der Waals surface area contributed by atoms with Crippen LogP contribution in [0.15, 0.2) is 6.07 Å². The molecular formula is C14H18Cl2N4O. The number of piperidine rings is 1. The molecule has 3 heterocycles. The van der Waals surface area contributed by atoms with Crippen LogP contribution in [0, 0.1) is 5.92 Å². The molecule has 2 aliphatic rings. The quantitative estimate of drug-likeness (QED) is 0.800. The number of carbonyl (C=O) groups excluding carboxylic acids is 1. The van der Waals surface area contributed by atoms with Crippen molar-refractivity contribution in [3.05, 3.63) is 16.4 Å². The van der Waals surface area contributed by atoms with E-state index >= 15 is 0 Å². The largest absolute Gasteiger partial charge is 0.342 e. The van der Waals surface area contributed by atoms with Gasteiger partial charge in [0.25, 0.3) is 0 Å². The van der Waals surface area contributed by atoms with Crippen LogP contribution in [-0.2, 0) is 4.79 Å². The van der Waals surface area contributed by atoms with Crippen LogP contribution in [0.4, 0.5) is 5.95 Å². The first-order chi connectivity index (χ1) is 10.1. The lowest BCUT2D eigenvalue weighted by Gasteiger charge is -2.33. The van der Waals surface area contributed by atoms with Gasteiger partial charge in [0.2, 0.25) is 11.9 Å². The molecule has 0 aromatic carbocycles. The van der Waals surface area contributed by atoms with Gasteiger partial charge >= 0.3 is 0 Å². The molecule has 1 amide bonds. The molecule has 21 heavy (non-hydrogen) atoms. The normalized spacial score (nSPS) is 20.4. The number of hydrogen-bond acceptors (Lipinski definition) is 4. The molecule has 0 atom stereocenters. The predicted octanol–water partition coefficient (Wildman–Crippen LogP) is 2.62. The van der Waals surface area contributed by atoms with Gasteiger partial charge in [0.1, 0.15) is 10.3 Å². The number of likely N-dealkylation sites (tertiary alicyclic amines) is 1. The fraction of sp³-hybridized carbons (Fsp3) is 0.643. The molecule has 0 aliphatic carbocycles. The van der Waals surface area contributed by atoms with Crippen LogP contribution in [0.25, 0.3) is 0 Å². The van der Waals surface area contributed by atoms with E-state index in [0.29, 0.717) is 34.5 Å². The minimum Gasteiger partial charge on any atom is -0.342 e. The van der Waals surface area contributed by atoms with Crippen molar-refractivity contribution in [1.82, 2.24) is 14.9 Å². The van der Waals surface area contributed by atoms with Crippen LogP contribution < -0.4 is 4.90 Å². The molecule has 3 rings (SSSR count). The first-order valence-corrected chi connectivity index (χ1v) is 8.10. The molecule has 0 N–H and O–H groups in total. The van der Waals surface area contributed by atoms with Gasteiger partial charge in [0, 0.05) is 38.7 Å². The van der Waals surface area contributed by atoms with Crippen molar-refractivity contribution in [2.24, 2.45) is 5.92 Å². The Kier molecular flexibility index (Phi) is 4.50. The standard InChI is InChI=1S/C14H18Cl2N4O/c15-11-8-12(16)18-14(17-11)19-6-3-10(4-7-19)9-20-5-1-2-13(20)21/h8,10H,1-7,9H2. The fourth-order valence-electron chi connectivity index (χ4n) is 3.04. The van der Waals surface area contributed by atoms with E-state index in [9.17, 15) is 4.79 Å². The van der Waals surface area contributed by atoms with Crippen LogP contribution in [0.5, 0.6) is 0 Å². The molecule has 7 heteroatoms. The summed E-state index contributed by atoms with van der Waals surface area (Å²) in [5.41, 5.74) is 0. The van der Waals surface area contributed by atoms with Crippen molar-refractivity contribution < 1.29 is 4.79 Å². The number of rotatable bonds is 3. The third kappa shape index (κ3) is 3.58. The summed E-state index contributed by atoms with van der Waals surface area (Å²) in [7, 11) is 0. The average molecular weight is 329 g/mol. The summed E-state index contributed by atoms with van der Waals surface area (Å²) in [6, 6.07) is 1.54. The van der Waals surface area contributed by atoms with E-state index in [1.165, 1.54) is 0 Å². The Morgan fingerprint density at radius 1 is 1.14 bits per heavy atom. The zero-order valence-electron chi connectivity index (χ0n) is 11.8. The van der Waals surface area contributed by atoms with Gasteiger partial charge in [0.05, 0.1) is 0 Å². The number of carbonyl (C=O) groups is 1. The molecule has 0 saturated carbocycles. The van der Waals surface area contributed by atoms with Crippen LogP contribution >= 0.6 is 23.2 Å². The Bertz CT molecular complexity index is 511. The molecule has 0 unspecified atom stereocenters. The molecule has 5 nitrogen and oxygen atoms in total. The van der Waals surface area contributed by atoms with Gasteiger partial charge in [-0.3, -0.25) is 4.79 Å². The van der Waals surface area contributed by atoms with E-state index in [1.807, 2.05) is 4.90 Å². The lowest BCUT2D eigenvalue weighted by atomic mass is 9.96. The van der Waals surface area contributed by atoms with Gasteiger partial charge in [-0.2, -0.15) is 0 Å². The average Bonchev–Trinajstić information content (AvgIpc) is 2.84. The highest BCUT2D eigenvalue weighted by molar-refractivity contribution is 6.33. The van der Waals surface area contributed by atoms with Gasteiger partial charge in [0.15, 0.2) is 0 Å². The van der Waals surface area contributed by atoms with Gasteiger partial charge in [-0.25, -0.2) is 9.97 Å². The maximum absolute atomic E-state index is 11.7. The van der Waals surface area contributed by atoms with Gasteiger partial charge in [-0.15, -0.1) is 0 Å². The Morgan fingerprint density at radius 2 is 1.81 bits per heavy atom. The number of amides is 1. The Hall–Kier alpha value is -1.07. The fourth-order valence-corrected chi connectivity index (χ4v) is 3.46. The molecule has 114 valence electrons. The smallest absolute Gasteiger partial charge is 0.228 e. The second kappa shape index (κ2) is 6.36. The first-order valence-electron chi connectivity index (χ1n) is 7.34. The predicted molar refractivity (Wildman–Crippen MR) is 82.8 cm³/mol. The van der Waals surface area contributed by atoms with Crippen LogP contribution in [0.2, 0.25) is 10.3 Å². The lowest BCUT2D eigenvalue weighted by Crippen LogP contribution is -2.39. The second-order valence-corrected chi connectivity index (χ2v) is 6.46. The molecule has 1 aromatic heterocycles. The molecule has 2 aliphatic heterocycles. The monoisotopic (exact) mass is 328 g/mol. The van der Waals surface area contributed by atoms with E-state index in [4.69, 9.17) is 23.2 Å². The molecule has 2 fully saturated rings. The highest BCUT2D eigenvalue weighted by Gasteiger charge is 2.27. The van der Waals surface area contributed by atoms with E-state index in [2.05, 4.69) is 14.9 Å². The summed E-state index contributed by atoms with van der Waals surface area (Å²) in [6.07, 6.45) is 3.80. The first kappa shape index (κ1) is 14.9. The maximum atomic E-state index is 11.7. The van der Waals surface area contributed by atoms with Gasteiger partial charge < -0.3 is 9.80 Å². The number of aromatic nitrogens is 2. The summed E-state index contributed by atoms with van der Waals surface area (Å²) in [5.74, 6) is 1.48. The highest BCUT2D eigenvalue weighted by atomic mass is 35.5. The van der Waals surface area contributed by atoms with Crippen molar-refractivity contribution in [3.63, 3.8) is 0 Å². The van der Waals surface area contributed by atoms with E-state index < -0.39 is 0 Å². The molecular weight excluding hydrogens is 311 g/mol. The highest BCUT2D eigenvalue weighted by Crippen LogP contribution is 2.25. The van der Waals surface area contributed by atoms with Crippen molar-refractivity contribution in [2.45, 2.75) is 25.7 Å². The van der Waals surface area contributed by atoms with Crippen LogP contribution in [-0.4, -0.2) is 47.0 Å². The number of hydrogen-bond donors (Lipinski definition) is 0. The minimum atomic E-state index is 0.308. The van der Waals surface area contributed by atoms with Gasteiger partial charge in [-0.05, 0) is 25.2 Å². The Labute approximate surface area is 134 Å². The summed E-state index contributed by atoms with van der Waals surface area (Å²) < 4.78 is 0. The minimum absolute atomic E-state index is 0.308. The SMILES string of the molecule is O=C1CCCN1CC1CCN(c2nc(Cl)cc(Cl)n2)CC1. The van der Waals surface area contributed by atoms with E-state index in [-0.39, 0.29) is 0 Å². The number of halogens is 2. The maximum Gasteiger partial charge on any atom is 0.228 e. The third-order valence-corrected chi connectivity index (χ3v) is 4.59. The van der Waals surface area contributed by atoms with Crippen molar-refractivity contribution >= 4 is 35.1 Å². The molecule has 1 aromatic rings. The zero-order chi connectivity index (χ0) is 14.8. The second-order valence-electron chi connectivity index (χ2n) is 5.69. The summed E-state index contributed by atoms with van der Waals surface area (Å²) in [4.78, 5) is 24.3. The van der Waals surface area contributed by atoms with E-state index in [0.717, 1.165) is 45.4 Å². The van der Waals surface area contributed by atoms with Crippen molar-refractivity contribution in [1.29, 1.82) is 0 Å². The zero-order valence-corrected chi connectivity index (χ0v) is 13.3. The molecule has 0 spiro atoms. The number of anilines is 1.